The monoisotopic (exact) mass is 445 g/mol. The van der Waals surface area contributed by atoms with Gasteiger partial charge in [0, 0.05) is 48.2 Å². The maximum atomic E-state index is 12.8. The molecule has 4 heteroatoms. The van der Waals surface area contributed by atoms with Crippen LogP contribution in [0.2, 0.25) is 0 Å². The Bertz CT molecular complexity index is 1070. The van der Waals surface area contributed by atoms with Crippen molar-refractivity contribution in [2.75, 3.05) is 0 Å². The molecule has 176 valence electrons. The third kappa shape index (κ3) is 6.80. The standard InChI is InChI=1S/C29H39N3O/c1-5-7-8-14-25-26-16-15-22(3)20-28(26)32(4)27(25)17-18-29(33)31-24(6-2)13-9-11-23-12-10-19-30-21-23/h10,12,15-21,24H,5-9,11,13-14H2,1-4H3,(H,31,33)/b18-17+. The van der Waals surface area contributed by atoms with Gasteiger partial charge in [0.2, 0.25) is 5.91 Å². The zero-order valence-corrected chi connectivity index (χ0v) is 20.7. The van der Waals surface area contributed by atoms with E-state index in [1.165, 1.54) is 46.9 Å². The first kappa shape index (κ1) is 24.8. The molecule has 2 aromatic heterocycles. The van der Waals surface area contributed by atoms with Crippen molar-refractivity contribution < 1.29 is 4.79 Å². The molecule has 1 unspecified atom stereocenters. The van der Waals surface area contributed by atoms with E-state index in [4.69, 9.17) is 0 Å². The Morgan fingerprint density at radius 2 is 2.00 bits per heavy atom. The van der Waals surface area contributed by atoms with Gasteiger partial charge in [-0.1, -0.05) is 44.9 Å². The molecule has 0 radical (unpaired) electrons. The second kappa shape index (κ2) is 12.4. The minimum absolute atomic E-state index is 0.0100. The number of carbonyl (C=O) groups is 1. The molecule has 1 aromatic carbocycles. The Kier molecular flexibility index (Phi) is 9.29. The Morgan fingerprint density at radius 1 is 1.15 bits per heavy atom. The van der Waals surface area contributed by atoms with Crippen LogP contribution in [0.1, 0.15) is 74.8 Å². The quantitative estimate of drug-likeness (QED) is 0.254. The van der Waals surface area contributed by atoms with Gasteiger partial charge >= 0.3 is 0 Å². The molecule has 0 aliphatic heterocycles. The van der Waals surface area contributed by atoms with Gasteiger partial charge < -0.3 is 9.88 Å². The van der Waals surface area contributed by atoms with Crippen molar-refractivity contribution in [2.24, 2.45) is 7.05 Å². The number of unbranched alkanes of at least 4 members (excludes halogenated alkanes) is 2. The summed E-state index contributed by atoms with van der Waals surface area (Å²) in [5.74, 6) is -0.0100. The van der Waals surface area contributed by atoms with E-state index in [-0.39, 0.29) is 11.9 Å². The number of rotatable bonds is 12. The normalized spacial score (nSPS) is 12.5. The molecule has 4 nitrogen and oxygen atoms in total. The minimum Gasteiger partial charge on any atom is -0.350 e. The maximum Gasteiger partial charge on any atom is 0.244 e. The number of fused-ring (bicyclic) bond motifs is 1. The Balaban J connectivity index is 1.67. The van der Waals surface area contributed by atoms with Crippen molar-refractivity contribution in [1.82, 2.24) is 14.9 Å². The van der Waals surface area contributed by atoms with E-state index in [1.54, 1.807) is 12.3 Å². The lowest BCUT2D eigenvalue weighted by Gasteiger charge is -2.15. The van der Waals surface area contributed by atoms with Gasteiger partial charge in [-0.05, 0) is 80.3 Å². The van der Waals surface area contributed by atoms with E-state index in [9.17, 15) is 4.79 Å². The zero-order valence-electron chi connectivity index (χ0n) is 20.7. The summed E-state index contributed by atoms with van der Waals surface area (Å²) in [6.45, 7) is 6.50. The molecule has 0 saturated carbocycles. The second-order valence-electron chi connectivity index (χ2n) is 9.10. The molecule has 3 rings (SSSR count). The summed E-state index contributed by atoms with van der Waals surface area (Å²) in [4.78, 5) is 16.9. The van der Waals surface area contributed by atoms with Crippen LogP contribution in [-0.2, 0) is 24.7 Å². The Labute approximate surface area is 199 Å². The third-order valence-corrected chi connectivity index (χ3v) is 6.51. The van der Waals surface area contributed by atoms with Crippen LogP contribution in [0.4, 0.5) is 0 Å². The average Bonchev–Trinajstić information content (AvgIpc) is 3.08. The molecule has 1 atom stereocenters. The van der Waals surface area contributed by atoms with Crippen molar-refractivity contribution in [3.05, 3.63) is 71.2 Å². The number of amides is 1. The van der Waals surface area contributed by atoms with E-state index in [1.807, 2.05) is 18.3 Å². The summed E-state index contributed by atoms with van der Waals surface area (Å²) in [6.07, 6.45) is 16.0. The fourth-order valence-corrected chi connectivity index (χ4v) is 4.55. The largest absolute Gasteiger partial charge is 0.350 e. The van der Waals surface area contributed by atoms with Gasteiger partial charge in [-0.3, -0.25) is 9.78 Å². The van der Waals surface area contributed by atoms with Gasteiger partial charge in [-0.2, -0.15) is 0 Å². The molecular weight excluding hydrogens is 406 g/mol. The molecule has 0 fully saturated rings. The first-order valence-corrected chi connectivity index (χ1v) is 12.5. The molecule has 0 spiro atoms. The van der Waals surface area contributed by atoms with Crippen LogP contribution >= 0.6 is 0 Å². The molecule has 1 amide bonds. The summed E-state index contributed by atoms with van der Waals surface area (Å²) in [7, 11) is 2.11. The van der Waals surface area contributed by atoms with Crippen LogP contribution < -0.4 is 5.32 Å². The summed E-state index contributed by atoms with van der Waals surface area (Å²) in [6, 6.07) is 10.9. The third-order valence-electron chi connectivity index (χ3n) is 6.51. The highest BCUT2D eigenvalue weighted by Crippen LogP contribution is 2.29. The number of aryl methyl sites for hydroxylation is 4. The predicted molar refractivity (Wildman–Crippen MR) is 139 cm³/mol. The number of carbonyl (C=O) groups excluding carboxylic acids is 1. The first-order valence-electron chi connectivity index (χ1n) is 12.5. The Morgan fingerprint density at radius 3 is 2.73 bits per heavy atom. The van der Waals surface area contributed by atoms with Gasteiger partial charge in [0.15, 0.2) is 0 Å². The van der Waals surface area contributed by atoms with E-state index in [0.29, 0.717) is 0 Å². The topological polar surface area (TPSA) is 46.9 Å². The van der Waals surface area contributed by atoms with Crippen LogP contribution in [0.3, 0.4) is 0 Å². The lowest BCUT2D eigenvalue weighted by Crippen LogP contribution is -2.33. The van der Waals surface area contributed by atoms with Crippen molar-refractivity contribution in [2.45, 2.75) is 78.2 Å². The number of nitrogens with zero attached hydrogens (tertiary/aromatic N) is 2. The van der Waals surface area contributed by atoms with E-state index in [2.05, 4.69) is 67.0 Å². The van der Waals surface area contributed by atoms with Crippen LogP contribution in [0.15, 0.2) is 48.8 Å². The SMILES string of the molecule is CCCCCc1c(/C=C/C(=O)NC(CC)CCCc2cccnc2)n(C)c2cc(C)ccc12. The lowest BCUT2D eigenvalue weighted by atomic mass is 10.0. The van der Waals surface area contributed by atoms with Crippen molar-refractivity contribution in [3.63, 3.8) is 0 Å². The van der Waals surface area contributed by atoms with Crippen LogP contribution in [0.25, 0.3) is 17.0 Å². The van der Waals surface area contributed by atoms with E-state index < -0.39 is 0 Å². The van der Waals surface area contributed by atoms with Crippen molar-refractivity contribution in [1.29, 1.82) is 0 Å². The summed E-state index contributed by atoms with van der Waals surface area (Å²) in [5.41, 5.74) is 6.25. The minimum atomic E-state index is -0.0100. The van der Waals surface area contributed by atoms with Crippen LogP contribution in [-0.4, -0.2) is 21.5 Å². The van der Waals surface area contributed by atoms with Gasteiger partial charge in [-0.25, -0.2) is 0 Å². The molecule has 0 aliphatic rings. The molecule has 0 saturated heterocycles. The smallest absolute Gasteiger partial charge is 0.244 e. The molecular formula is C29H39N3O. The second-order valence-corrected chi connectivity index (χ2v) is 9.10. The summed E-state index contributed by atoms with van der Waals surface area (Å²) < 4.78 is 2.23. The molecule has 3 aromatic rings. The maximum absolute atomic E-state index is 12.8. The molecule has 2 heterocycles. The number of hydrogen-bond acceptors (Lipinski definition) is 2. The summed E-state index contributed by atoms with van der Waals surface area (Å²) >= 11 is 0. The summed E-state index contributed by atoms with van der Waals surface area (Å²) in [5, 5.41) is 4.51. The number of nitrogens with one attached hydrogen (secondary N) is 1. The number of hydrogen-bond donors (Lipinski definition) is 1. The van der Waals surface area contributed by atoms with Crippen molar-refractivity contribution >= 4 is 22.9 Å². The average molecular weight is 446 g/mol. The number of aromatic nitrogens is 2. The zero-order chi connectivity index (χ0) is 23.6. The number of benzene rings is 1. The van der Waals surface area contributed by atoms with Gasteiger partial charge in [0.05, 0.1) is 0 Å². The number of pyridine rings is 1. The van der Waals surface area contributed by atoms with E-state index in [0.717, 1.165) is 37.8 Å². The highest BCUT2D eigenvalue weighted by molar-refractivity contribution is 5.94. The fraction of sp³-hybridized carbons (Fsp3) is 0.448. The van der Waals surface area contributed by atoms with Crippen molar-refractivity contribution in [3.8, 4) is 0 Å². The van der Waals surface area contributed by atoms with Gasteiger partial charge in [0.1, 0.15) is 0 Å². The predicted octanol–water partition coefficient (Wildman–Crippen LogP) is 6.55. The lowest BCUT2D eigenvalue weighted by molar-refractivity contribution is -0.117. The highest BCUT2D eigenvalue weighted by Gasteiger charge is 2.14. The molecule has 0 aliphatic carbocycles. The fourth-order valence-electron chi connectivity index (χ4n) is 4.55. The molecule has 1 N–H and O–H groups in total. The van der Waals surface area contributed by atoms with Crippen LogP contribution in [0.5, 0.6) is 0 Å². The first-order chi connectivity index (χ1) is 16.0. The highest BCUT2D eigenvalue weighted by atomic mass is 16.1. The van der Waals surface area contributed by atoms with Gasteiger partial charge in [0.25, 0.3) is 0 Å². The van der Waals surface area contributed by atoms with Gasteiger partial charge in [-0.15, -0.1) is 0 Å². The molecule has 0 bridgehead atoms. The van der Waals surface area contributed by atoms with Crippen LogP contribution in [0, 0.1) is 6.92 Å². The Hall–Kier alpha value is -2.88. The van der Waals surface area contributed by atoms with E-state index >= 15 is 0 Å². The molecule has 33 heavy (non-hydrogen) atoms.